The highest BCUT2D eigenvalue weighted by atomic mass is 32.1. The van der Waals surface area contributed by atoms with Gasteiger partial charge in [-0.2, -0.15) is 12.6 Å². The number of hydrogen-bond donors (Lipinski definition) is 2. The van der Waals surface area contributed by atoms with Gasteiger partial charge in [-0.25, -0.2) is 0 Å². The number of thiol groups is 1. The molecule has 1 N–H and O–H groups in total. The predicted molar refractivity (Wildman–Crippen MR) is 94.6 cm³/mol. The highest BCUT2D eigenvalue weighted by molar-refractivity contribution is 7.80. The van der Waals surface area contributed by atoms with Gasteiger partial charge in [0.15, 0.2) is 0 Å². The van der Waals surface area contributed by atoms with E-state index in [0.717, 1.165) is 12.3 Å². The van der Waals surface area contributed by atoms with Gasteiger partial charge < -0.3 is 10.2 Å². The summed E-state index contributed by atoms with van der Waals surface area (Å²) in [6.45, 7) is 2.97. The molecular formula is C17H24N2S. The van der Waals surface area contributed by atoms with Crippen LogP contribution in [0.15, 0.2) is 54.3 Å². The standard InChI is InChI=1S/C17H24N2S/c1-4-15(11-12-18-2)9-10-16-7-5-6-8-17(16)19(3)13-14-20/h4-12,18,20H,13-14H2,1-3H3/b10-9+,12-11-,15-4-. The van der Waals surface area contributed by atoms with Gasteiger partial charge in [-0.05, 0) is 36.4 Å². The summed E-state index contributed by atoms with van der Waals surface area (Å²) in [7, 11) is 4.00. The SMILES string of the molecule is C/C=C(\C=C/NC)/C=C/c1ccccc1N(C)CCS. The Morgan fingerprint density at radius 3 is 2.70 bits per heavy atom. The molecule has 0 saturated carbocycles. The summed E-state index contributed by atoms with van der Waals surface area (Å²) in [6.07, 6.45) is 10.3. The first-order chi connectivity index (χ1) is 9.72. The number of allylic oxidation sites excluding steroid dienone is 4. The van der Waals surface area contributed by atoms with E-state index in [4.69, 9.17) is 0 Å². The monoisotopic (exact) mass is 288 g/mol. The Bertz CT molecular complexity index is 490. The lowest BCUT2D eigenvalue weighted by molar-refractivity contribution is 0.978. The number of nitrogens with zero attached hydrogens (tertiary/aromatic N) is 1. The Hall–Kier alpha value is -1.61. The van der Waals surface area contributed by atoms with Crippen molar-refractivity contribution in [1.82, 2.24) is 5.32 Å². The smallest absolute Gasteiger partial charge is 0.0437 e. The normalized spacial score (nSPS) is 12.3. The summed E-state index contributed by atoms with van der Waals surface area (Å²) in [5.74, 6) is 0.847. The predicted octanol–water partition coefficient (Wildman–Crippen LogP) is 3.75. The summed E-state index contributed by atoms with van der Waals surface area (Å²) in [5, 5.41) is 3.01. The van der Waals surface area contributed by atoms with Crippen LogP contribution >= 0.6 is 12.6 Å². The zero-order valence-corrected chi connectivity index (χ0v) is 13.4. The molecule has 108 valence electrons. The molecule has 0 amide bonds. The van der Waals surface area contributed by atoms with Gasteiger partial charge in [-0.1, -0.05) is 36.4 Å². The first-order valence-electron chi connectivity index (χ1n) is 6.82. The summed E-state index contributed by atoms with van der Waals surface area (Å²) in [5.41, 5.74) is 3.62. The van der Waals surface area contributed by atoms with E-state index in [1.54, 1.807) is 0 Å². The molecule has 0 saturated heterocycles. The van der Waals surface area contributed by atoms with Gasteiger partial charge in [0, 0.05) is 32.1 Å². The van der Waals surface area contributed by atoms with Crippen molar-refractivity contribution in [2.24, 2.45) is 0 Å². The van der Waals surface area contributed by atoms with Crippen LogP contribution in [0.2, 0.25) is 0 Å². The van der Waals surface area contributed by atoms with Crippen LogP contribution < -0.4 is 10.2 Å². The van der Waals surface area contributed by atoms with Crippen molar-refractivity contribution < 1.29 is 0 Å². The van der Waals surface area contributed by atoms with Crippen molar-refractivity contribution in [3.05, 3.63) is 59.8 Å². The summed E-state index contributed by atoms with van der Waals surface area (Å²) >= 11 is 4.30. The van der Waals surface area contributed by atoms with Crippen molar-refractivity contribution in [3.63, 3.8) is 0 Å². The number of anilines is 1. The summed E-state index contributed by atoms with van der Waals surface area (Å²) in [4.78, 5) is 2.23. The first kappa shape index (κ1) is 16.4. The molecule has 20 heavy (non-hydrogen) atoms. The van der Waals surface area contributed by atoms with Crippen molar-refractivity contribution >= 4 is 24.4 Å². The van der Waals surface area contributed by atoms with Crippen LogP contribution in [0.3, 0.4) is 0 Å². The van der Waals surface area contributed by atoms with Crippen molar-refractivity contribution in [1.29, 1.82) is 0 Å². The van der Waals surface area contributed by atoms with Crippen LogP contribution in [0.4, 0.5) is 5.69 Å². The molecule has 0 aromatic heterocycles. The first-order valence-corrected chi connectivity index (χ1v) is 7.45. The fourth-order valence-corrected chi connectivity index (χ4v) is 2.16. The molecule has 0 aliphatic heterocycles. The van der Waals surface area contributed by atoms with E-state index in [9.17, 15) is 0 Å². The fourth-order valence-electron chi connectivity index (χ4n) is 1.86. The van der Waals surface area contributed by atoms with E-state index in [1.165, 1.54) is 16.8 Å². The van der Waals surface area contributed by atoms with E-state index < -0.39 is 0 Å². The Kier molecular flexibility index (Phi) is 7.66. The minimum Gasteiger partial charge on any atom is -0.394 e. The van der Waals surface area contributed by atoms with Crippen molar-refractivity contribution in [3.8, 4) is 0 Å². The zero-order valence-electron chi connectivity index (χ0n) is 12.5. The Morgan fingerprint density at radius 2 is 2.05 bits per heavy atom. The highest BCUT2D eigenvalue weighted by Crippen LogP contribution is 2.21. The van der Waals surface area contributed by atoms with Gasteiger partial charge in [0.2, 0.25) is 0 Å². The van der Waals surface area contributed by atoms with Crippen LogP contribution in [-0.4, -0.2) is 26.4 Å². The molecular weight excluding hydrogens is 264 g/mol. The van der Waals surface area contributed by atoms with Gasteiger partial charge in [0.05, 0.1) is 0 Å². The lowest BCUT2D eigenvalue weighted by Gasteiger charge is -2.20. The molecule has 0 heterocycles. The van der Waals surface area contributed by atoms with Crippen LogP contribution in [0.5, 0.6) is 0 Å². The molecule has 0 unspecified atom stereocenters. The Morgan fingerprint density at radius 1 is 1.30 bits per heavy atom. The molecule has 0 aliphatic rings. The van der Waals surface area contributed by atoms with Gasteiger partial charge in [0.25, 0.3) is 0 Å². The molecule has 0 bridgehead atoms. The van der Waals surface area contributed by atoms with Crippen LogP contribution in [-0.2, 0) is 0 Å². The lowest BCUT2D eigenvalue weighted by Crippen LogP contribution is -2.20. The molecule has 0 aliphatic carbocycles. The van der Waals surface area contributed by atoms with E-state index in [1.807, 2.05) is 20.2 Å². The van der Waals surface area contributed by atoms with Crippen LogP contribution in [0.1, 0.15) is 12.5 Å². The van der Waals surface area contributed by atoms with E-state index >= 15 is 0 Å². The number of hydrogen-bond acceptors (Lipinski definition) is 3. The summed E-state index contributed by atoms with van der Waals surface area (Å²) < 4.78 is 0. The largest absolute Gasteiger partial charge is 0.394 e. The average molecular weight is 288 g/mol. The second kappa shape index (κ2) is 9.32. The molecule has 1 aromatic rings. The van der Waals surface area contributed by atoms with Gasteiger partial charge in [-0.3, -0.25) is 0 Å². The lowest BCUT2D eigenvalue weighted by atomic mass is 10.1. The molecule has 3 heteroatoms. The van der Waals surface area contributed by atoms with Crippen LogP contribution in [0, 0.1) is 0 Å². The highest BCUT2D eigenvalue weighted by Gasteiger charge is 2.03. The quantitative estimate of drug-likeness (QED) is 0.587. The van der Waals surface area contributed by atoms with Gasteiger partial charge in [-0.15, -0.1) is 0 Å². The minimum absolute atomic E-state index is 0.847. The molecule has 1 aromatic carbocycles. The second-order valence-electron chi connectivity index (χ2n) is 4.45. The molecule has 0 radical (unpaired) electrons. The van der Waals surface area contributed by atoms with E-state index in [2.05, 4.69) is 78.5 Å². The molecule has 2 nitrogen and oxygen atoms in total. The number of rotatable bonds is 7. The van der Waals surface area contributed by atoms with E-state index in [-0.39, 0.29) is 0 Å². The topological polar surface area (TPSA) is 15.3 Å². The van der Waals surface area contributed by atoms with Gasteiger partial charge in [0.1, 0.15) is 0 Å². The number of para-hydroxylation sites is 1. The maximum Gasteiger partial charge on any atom is 0.0437 e. The fraction of sp³-hybridized carbons (Fsp3) is 0.294. The Labute approximate surface area is 128 Å². The third-order valence-corrected chi connectivity index (χ3v) is 3.21. The summed E-state index contributed by atoms with van der Waals surface area (Å²) in [6, 6.07) is 8.41. The Balaban J connectivity index is 2.94. The zero-order chi connectivity index (χ0) is 14.8. The average Bonchev–Trinajstić information content (AvgIpc) is 2.48. The van der Waals surface area contributed by atoms with Gasteiger partial charge >= 0.3 is 0 Å². The number of benzene rings is 1. The van der Waals surface area contributed by atoms with E-state index in [0.29, 0.717) is 0 Å². The third kappa shape index (κ3) is 5.17. The molecule has 0 atom stereocenters. The van der Waals surface area contributed by atoms with Crippen LogP contribution in [0.25, 0.3) is 6.08 Å². The van der Waals surface area contributed by atoms with Crippen molar-refractivity contribution in [2.75, 3.05) is 31.3 Å². The number of nitrogens with one attached hydrogen (secondary N) is 1. The minimum atomic E-state index is 0.847. The molecule has 1 rings (SSSR count). The van der Waals surface area contributed by atoms with Crippen molar-refractivity contribution in [2.45, 2.75) is 6.92 Å². The second-order valence-corrected chi connectivity index (χ2v) is 4.90. The maximum atomic E-state index is 4.30. The third-order valence-electron chi connectivity index (χ3n) is 3.01. The molecule has 0 fully saturated rings. The maximum absolute atomic E-state index is 4.30. The molecule has 0 spiro atoms.